The molecule has 3 amide bonds. The standard InChI is InChI=1S/C13H23N3O3/c1-9-6-16(7-10(19-9)11(14)17)12(18)15-8-13(2)4-3-5-13/h9-10H,3-8H2,1-2H3,(H2,14,17)(H,15,18)/t9-,10-/m1/s1. The van der Waals surface area contributed by atoms with Gasteiger partial charge in [0, 0.05) is 13.1 Å². The van der Waals surface area contributed by atoms with Crippen molar-refractivity contribution in [2.45, 2.75) is 45.3 Å². The molecule has 0 spiro atoms. The van der Waals surface area contributed by atoms with E-state index in [0.717, 1.165) is 12.8 Å². The molecule has 2 aliphatic rings. The first kappa shape index (κ1) is 14.1. The van der Waals surface area contributed by atoms with E-state index in [9.17, 15) is 9.59 Å². The summed E-state index contributed by atoms with van der Waals surface area (Å²) in [6.45, 7) is 5.45. The third kappa shape index (κ3) is 3.37. The van der Waals surface area contributed by atoms with Crippen LogP contribution in [0.3, 0.4) is 0 Å². The van der Waals surface area contributed by atoms with Gasteiger partial charge in [-0.15, -0.1) is 0 Å². The van der Waals surface area contributed by atoms with Crippen LogP contribution in [0, 0.1) is 5.41 Å². The van der Waals surface area contributed by atoms with Gasteiger partial charge in [-0.05, 0) is 25.2 Å². The monoisotopic (exact) mass is 269 g/mol. The van der Waals surface area contributed by atoms with Crippen molar-refractivity contribution in [1.82, 2.24) is 10.2 Å². The molecule has 1 saturated carbocycles. The average molecular weight is 269 g/mol. The molecule has 0 radical (unpaired) electrons. The topological polar surface area (TPSA) is 84.7 Å². The number of morpholine rings is 1. The summed E-state index contributed by atoms with van der Waals surface area (Å²) >= 11 is 0. The minimum Gasteiger partial charge on any atom is -0.367 e. The van der Waals surface area contributed by atoms with Crippen LogP contribution < -0.4 is 11.1 Å². The van der Waals surface area contributed by atoms with Gasteiger partial charge in [-0.25, -0.2) is 4.79 Å². The van der Waals surface area contributed by atoms with Crippen molar-refractivity contribution in [2.75, 3.05) is 19.6 Å². The predicted octanol–water partition coefficient (Wildman–Crippen LogP) is 0.461. The second-order valence-electron chi connectivity index (χ2n) is 6.07. The molecular weight excluding hydrogens is 246 g/mol. The highest BCUT2D eigenvalue weighted by Gasteiger charge is 2.34. The van der Waals surface area contributed by atoms with E-state index in [2.05, 4.69) is 12.2 Å². The van der Waals surface area contributed by atoms with Gasteiger partial charge >= 0.3 is 6.03 Å². The smallest absolute Gasteiger partial charge is 0.317 e. The summed E-state index contributed by atoms with van der Waals surface area (Å²) in [6.07, 6.45) is 2.70. The molecule has 1 saturated heterocycles. The molecule has 2 atom stereocenters. The highest BCUT2D eigenvalue weighted by atomic mass is 16.5. The molecule has 1 heterocycles. The molecule has 1 aliphatic carbocycles. The number of amides is 3. The lowest BCUT2D eigenvalue weighted by Crippen LogP contribution is -2.56. The maximum Gasteiger partial charge on any atom is 0.317 e. The van der Waals surface area contributed by atoms with Crippen molar-refractivity contribution >= 4 is 11.9 Å². The first-order chi connectivity index (χ1) is 8.89. The van der Waals surface area contributed by atoms with Crippen molar-refractivity contribution in [3.63, 3.8) is 0 Å². The maximum absolute atomic E-state index is 12.1. The Bertz CT molecular complexity index is 368. The molecule has 3 N–H and O–H groups in total. The summed E-state index contributed by atoms with van der Waals surface area (Å²) in [5, 5.41) is 2.95. The fourth-order valence-electron chi connectivity index (χ4n) is 2.63. The van der Waals surface area contributed by atoms with E-state index in [1.165, 1.54) is 6.42 Å². The average Bonchev–Trinajstić information content (AvgIpc) is 2.32. The van der Waals surface area contributed by atoms with Gasteiger partial charge in [0.05, 0.1) is 12.6 Å². The van der Waals surface area contributed by atoms with Gasteiger partial charge in [0.25, 0.3) is 0 Å². The predicted molar refractivity (Wildman–Crippen MR) is 70.5 cm³/mol. The Labute approximate surface area is 113 Å². The van der Waals surface area contributed by atoms with Crippen LogP contribution in [0.4, 0.5) is 4.79 Å². The number of urea groups is 1. The van der Waals surface area contributed by atoms with Crippen molar-refractivity contribution in [3.8, 4) is 0 Å². The number of primary amides is 1. The second kappa shape index (κ2) is 5.36. The lowest BCUT2D eigenvalue weighted by Gasteiger charge is -2.40. The van der Waals surface area contributed by atoms with E-state index in [1.807, 2.05) is 6.92 Å². The first-order valence-corrected chi connectivity index (χ1v) is 6.87. The van der Waals surface area contributed by atoms with Crippen molar-refractivity contribution in [2.24, 2.45) is 11.1 Å². The summed E-state index contributed by atoms with van der Waals surface area (Å²) in [5.41, 5.74) is 5.49. The molecule has 2 fully saturated rings. The molecular formula is C13H23N3O3. The number of carbonyl (C=O) groups is 2. The number of hydrogen-bond acceptors (Lipinski definition) is 3. The fraction of sp³-hybridized carbons (Fsp3) is 0.846. The summed E-state index contributed by atoms with van der Waals surface area (Å²) < 4.78 is 5.41. The Hall–Kier alpha value is -1.30. The van der Waals surface area contributed by atoms with Crippen LogP contribution in [0.25, 0.3) is 0 Å². The highest BCUT2D eigenvalue weighted by molar-refractivity contribution is 5.81. The van der Waals surface area contributed by atoms with Gasteiger partial charge in [-0.3, -0.25) is 4.79 Å². The Kier molecular flexibility index (Phi) is 3.99. The zero-order valence-electron chi connectivity index (χ0n) is 11.6. The Morgan fingerprint density at radius 1 is 1.42 bits per heavy atom. The van der Waals surface area contributed by atoms with Crippen LogP contribution in [0.5, 0.6) is 0 Å². The third-order valence-electron chi connectivity index (χ3n) is 4.09. The van der Waals surface area contributed by atoms with E-state index in [-0.39, 0.29) is 24.1 Å². The number of rotatable bonds is 3. The quantitative estimate of drug-likeness (QED) is 0.780. The molecule has 6 heteroatoms. The molecule has 0 aromatic carbocycles. The van der Waals surface area contributed by atoms with Gasteiger partial charge in [0.1, 0.15) is 0 Å². The molecule has 2 rings (SSSR count). The first-order valence-electron chi connectivity index (χ1n) is 6.87. The number of nitrogens with two attached hydrogens (primary N) is 1. The van der Waals surface area contributed by atoms with Gasteiger partial charge in [-0.1, -0.05) is 13.3 Å². The highest BCUT2D eigenvalue weighted by Crippen LogP contribution is 2.39. The molecule has 0 bridgehead atoms. The minimum atomic E-state index is -0.700. The van der Waals surface area contributed by atoms with Gasteiger partial charge in [0.2, 0.25) is 5.91 Å². The summed E-state index contributed by atoms with van der Waals surface area (Å²) in [4.78, 5) is 24.9. The van der Waals surface area contributed by atoms with E-state index < -0.39 is 12.0 Å². The zero-order valence-corrected chi connectivity index (χ0v) is 11.6. The molecule has 108 valence electrons. The van der Waals surface area contributed by atoms with Gasteiger partial charge in [0.15, 0.2) is 6.10 Å². The molecule has 19 heavy (non-hydrogen) atoms. The Balaban J connectivity index is 1.85. The summed E-state index contributed by atoms with van der Waals surface area (Å²) in [6, 6.07) is -0.130. The molecule has 6 nitrogen and oxygen atoms in total. The zero-order chi connectivity index (χ0) is 14.0. The lowest BCUT2D eigenvalue weighted by molar-refractivity contribution is -0.139. The van der Waals surface area contributed by atoms with Gasteiger partial charge < -0.3 is 20.7 Å². The molecule has 0 unspecified atom stereocenters. The minimum absolute atomic E-state index is 0.130. The van der Waals surface area contributed by atoms with Crippen molar-refractivity contribution in [1.29, 1.82) is 0 Å². The number of hydrogen-bond donors (Lipinski definition) is 2. The number of nitrogens with one attached hydrogen (secondary N) is 1. The van der Waals surface area contributed by atoms with E-state index >= 15 is 0 Å². The van der Waals surface area contributed by atoms with Gasteiger partial charge in [-0.2, -0.15) is 0 Å². The summed E-state index contributed by atoms with van der Waals surface area (Å²) in [7, 11) is 0. The fourth-order valence-corrected chi connectivity index (χ4v) is 2.63. The van der Waals surface area contributed by atoms with Crippen LogP contribution in [0.1, 0.15) is 33.1 Å². The van der Waals surface area contributed by atoms with Crippen LogP contribution >= 0.6 is 0 Å². The molecule has 0 aromatic heterocycles. The number of ether oxygens (including phenoxy) is 1. The van der Waals surface area contributed by atoms with E-state index in [1.54, 1.807) is 4.90 Å². The maximum atomic E-state index is 12.1. The van der Waals surface area contributed by atoms with Crippen LogP contribution in [-0.4, -0.2) is 48.7 Å². The summed E-state index contributed by atoms with van der Waals surface area (Å²) in [5.74, 6) is -0.518. The SMILES string of the molecule is C[C@@H]1CN(C(=O)NCC2(C)CCC2)C[C@H](C(N)=O)O1. The largest absolute Gasteiger partial charge is 0.367 e. The van der Waals surface area contributed by atoms with Crippen molar-refractivity contribution < 1.29 is 14.3 Å². The van der Waals surface area contributed by atoms with Crippen LogP contribution in [-0.2, 0) is 9.53 Å². The third-order valence-corrected chi connectivity index (χ3v) is 4.09. The van der Waals surface area contributed by atoms with E-state index in [4.69, 9.17) is 10.5 Å². The number of carbonyl (C=O) groups excluding carboxylic acids is 2. The van der Waals surface area contributed by atoms with Crippen LogP contribution in [0.2, 0.25) is 0 Å². The van der Waals surface area contributed by atoms with Crippen molar-refractivity contribution in [3.05, 3.63) is 0 Å². The molecule has 1 aliphatic heterocycles. The lowest BCUT2D eigenvalue weighted by atomic mass is 9.70. The van der Waals surface area contributed by atoms with E-state index in [0.29, 0.717) is 13.1 Å². The Morgan fingerprint density at radius 2 is 2.11 bits per heavy atom. The second-order valence-corrected chi connectivity index (χ2v) is 6.07. The number of nitrogens with zero attached hydrogens (tertiary/aromatic N) is 1. The normalized spacial score (nSPS) is 29.5. The molecule has 0 aromatic rings. The Morgan fingerprint density at radius 3 is 2.63 bits per heavy atom. The van der Waals surface area contributed by atoms with Crippen LogP contribution in [0.15, 0.2) is 0 Å².